The van der Waals surface area contributed by atoms with E-state index in [9.17, 15) is 13.2 Å². The number of carbonyl (C=O) groups excluding carboxylic acids is 1. The van der Waals surface area contributed by atoms with Crippen molar-refractivity contribution in [2.24, 2.45) is 0 Å². The van der Waals surface area contributed by atoms with Crippen molar-refractivity contribution in [3.63, 3.8) is 0 Å². The highest BCUT2D eigenvalue weighted by atomic mass is 32.2. The van der Waals surface area contributed by atoms with Crippen molar-refractivity contribution in [2.45, 2.75) is 18.2 Å². The summed E-state index contributed by atoms with van der Waals surface area (Å²) < 4.78 is 26.3. The summed E-state index contributed by atoms with van der Waals surface area (Å²) in [6.07, 6.45) is 0.782. The Hall–Kier alpha value is -1.88. The highest BCUT2D eigenvalue weighted by Crippen LogP contribution is 2.10. The Bertz CT molecular complexity index is 644. The van der Waals surface area contributed by atoms with Crippen LogP contribution in [0.15, 0.2) is 29.2 Å². The number of hydrogen-bond acceptors (Lipinski definition) is 4. The van der Waals surface area contributed by atoms with E-state index in [0.717, 1.165) is 6.42 Å². The molecule has 1 aromatic rings. The van der Waals surface area contributed by atoms with Gasteiger partial charge in [-0.2, -0.15) is 0 Å². The number of hydrogen-bond donors (Lipinski definition) is 3. The van der Waals surface area contributed by atoms with Gasteiger partial charge in [-0.25, -0.2) is 13.1 Å². The molecule has 6 nitrogen and oxygen atoms in total. The number of aliphatic hydroxyl groups excluding tert-OH is 1. The maximum Gasteiger partial charge on any atom is 0.241 e. The van der Waals surface area contributed by atoms with E-state index in [1.807, 2.05) is 6.92 Å². The lowest BCUT2D eigenvalue weighted by molar-refractivity contribution is -0.119. The fraction of sp³-hybridized carbons (Fsp3) is 0.357. The Labute approximate surface area is 124 Å². The van der Waals surface area contributed by atoms with Crippen LogP contribution in [0.1, 0.15) is 18.9 Å². The molecule has 1 rings (SSSR count). The number of sulfonamides is 1. The fourth-order valence-corrected chi connectivity index (χ4v) is 2.48. The summed E-state index contributed by atoms with van der Waals surface area (Å²) in [6.45, 7) is 1.80. The molecule has 0 radical (unpaired) electrons. The summed E-state index contributed by atoms with van der Waals surface area (Å²) in [6, 6.07) is 5.98. The zero-order chi connectivity index (χ0) is 15.7. The third kappa shape index (κ3) is 5.95. The predicted molar refractivity (Wildman–Crippen MR) is 78.9 cm³/mol. The summed E-state index contributed by atoms with van der Waals surface area (Å²) >= 11 is 0. The second-order valence-corrected chi connectivity index (χ2v) is 5.93. The fourth-order valence-electron chi connectivity index (χ4n) is 1.45. The number of benzene rings is 1. The van der Waals surface area contributed by atoms with Crippen molar-refractivity contribution in [1.29, 1.82) is 0 Å². The van der Waals surface area contributed by atoms with Crippen molar-refractivity contribution < 1.29 is 18.3 Å². The van der Waals surface area contributed by atoms with E-state index >= 15 is 0 Å². The van der Waals surface area contributed by atoms with Gasteiger partial charge in [-0.1, -0.05) is 24.8 Å². The van der Waals surface area contributed by atoms with Crippen molar-refractivity contribution in [1.82, 2.24) is 10.0 Å². The minimum absolute atomic E-state index is 0.0236. The van der Waals surface area contributed by atoms with Crippen LogP contribution in [0.3, 0.4) is 0 Å². The molecule has 0 spiro atoms. The lowest BCUT2D eigenvalue weighted by Crippen LogP contribution is -2.37. The molecule has 1 aromatic carbocycles. The maximum absolute atomic E-state index is 12.0. The molecule has 0 bridgehead atoms. The van der Waals surface area contributed by atoms with Gasteiger partial charge in [0, 0.05) is 12.1 Å². The van der Waals surface area contributed by atoms with Crippen LogP contribution >= 0.6 is 0 Å². The molecule has 0 aromatic heterocycles. The molecule has 0 saturated carbocycles. The van der Waals surface area contributed by atoms with E-state index in [-0.39, 0.29) is 24.0 Å². The lowest BCUT2D eigenvalue weighted by atomic mass is 10.2. The molecule has 7 heteroatoms. The normalized spacial score (nSPS) is 10.6. The summed E-state index contributed by atoms with van der Waals surface area (Å²) in [5.41, 5.74) is 0.474. The van der Waals surface area contributed by atoms with Crippen LogP contribution in [0, 0.1) is 11.8 Å². The third-order valence-electron chi connectivity index (χ3n) is 2.45. The van der Waals surface area contributed by atoms with Gasteiger partial charge in [0.1, 0.15) is 6.61 Å². The van der Waals surface area contributed by atoms with Gasteiger partial charge in [-0.3, -0.25) is 4.79 Å². The van der Waals surface area contributed by atoms with E-state index in [2.05, 4.69) is 21.9 Å². The van der Waals surface area contributed by atoms with Gasteiger partial charge in [0.2, 0.25) is 15.9 Å². The summed E-state index contributed by atoms with van der Waals surface area (Å²) in [5.74, 6) is 4.69. The smallest absolute Gasteiger partial charge is 0.241 e. The lowest BCUT2D eigenvalue weighted by Gasteiger charge is -2.07. The molecule has 0 aliphatic heterocycles. The zero-order valence-electron chi connectivity index (χ0n) is 11.7. The Balaban J connectivity index is 2.76. The van der Waals surface area contributed by atoms with E-state index in [1.165, 1.54) is 12.1 Å². The second-order valence-electron chi connectivity index (χ2n) is 4.16. The first-order valence-electron chi connectivity index (χ1n) is 6.45. The first-order valence-corrected chi connectivity index (χ1v) is 7.94. The highest BCUT2D eigenvalue weighted by molar-refractivity contribution is 7.89. The number of amides is 1. The minimum Gasteiger partial charge on any atom is -0.384 e. The van der Waals surface area contributed by atoms with Crippen molar-refractivity contribution >= 4 is 15.9 Å². The van der Waals surface area contributed by atoms with Gasteiger partial charge < -0.3 is 10.4 Å². The van der Waals surface area contributed by atoms with Crippen molar-refractivity contribution in [3.8, 4) is 11.8 Å². The molecular formula is C14H18N2O4S. The maximum atomic E-state index is 12.0. The standard InChI is InChI=1S/C14H18N2O4S/c1-2-8-15-14(18)11-16-21(19,20)13-7-3-5-12(10-13)6-4-9-17/h3,5,7,10,16-17H,2,8-9,11H2,1H3,(H,15,18). The van der Waals surface area contributed by atoms with E-state index in [1.54, 1.807) is 12.1 Å². The number of aliphatic hydroxyl groups is 1. The average Bonchev–Trinajstić information content (AvgIpc) is 2.49. The van der Waals surface area contributed by atoms with Gasteiger partial charge in [-0.05, 0) is 24.6 Å². The third-order valence-corrected chi connectivity index (χ3v) is 3.85. The Morgan fingerprint density at radius 3 is 2.81 bits per heavy atom. The van der Waals surface area contributed by atoms with Crippen molar-refractivity contribution in [3.05, 3.63) is 29.8 Å². The summed E-state index contributed by atoms with van der Waals surface area (Å²) in [4.78, 5) is 11.4. The summed E-state index contributed by atoms with van der Waals surface area (Å²) in [5, 5.41) is 11.2. The topological polar surface area (TPSA) is 95.5 Å². The molecule has 0 fully saturated rings. The quantitative estimate of drug-likeness (QED) is 0.636. The molecule has 0 atom stereocenters. The van der Waals surface area contributed by atoms with E-state index in [4.69, 9.17) is 5.11 Å². The van der Waals surface area contributed by atoms with Gasteiger partial charge in [0.15, 0.2) is 0 Å². The van der Waals surface area contributed by atoms with Gasteiger partial charge >= 0.3 is 0 Å². The van der Waals surface area contributed by atoms with Gasteiger partial charge in [-0.15, -0.1) is 0 Å². The second kappa shape index (κ2) is 8.42. The number of rotatable bonds is 6. The Morgan fingerprint density at radius 1 is 1.38 bits per heavy atom. The minimum atomic E-state index is -3.77. The number of nitrogens with one attached hydrogen (secondary N) is 2. The monoisotopic (exact) mass is 310 g/mol. The number of carbonyl (C=O) groups is 1. The predicted octanol–water partition coefficient (Wildman–Crippen LogP) is -0.165. The van der Waals surface area contributed by atoms with Crippen molar-refractivity contribution in [2.75, 3.05) is 19.7 Å². The molecule has 0 unspecified atom stereocenters. The largest absolute Gasteiger partial charge is 0.384 e. The van der Waals surface area contributed by atoms with Crippen LogP contribution in [0.4, 0.5) is 0 Å². The Kier molecular flexibility index (Phi) is 6.88. The Morgan fingerprint density at radius 2 is 2.14 bits per heavy atom. The molecule has 0 aliphatic rings. The van der Waals surface area contributed by atoms with E-state index < -0.39 is 10.0 Å². The van der Waals surface area contributed by atoms with Crippen LogP contribution in [0.2, 0.25) is 0 Å². The molecule has 114 valence electrons. The molecule has 0 saturated heterocycles. The highest BCUT2D eigenvalue weighted by Gasteiger charge is 2.15. The first-order chi connectivity index (χ1) is 9.99. The molecule has 0 heterocycles. The van der Waals surface area contributed by atoms with Gasteiger partial charge in [0.05, 0.1) is 11.4 Å². The summed E-state index contributed by atoms with van der Waals surface area (Å²) in [7, 11) is -3.77. The molecule has 1 amide bonds. The van der Waals surface area contributed by atoms with Crippen LogP contribution in [0.5, 0.6) is 0 Å². The van der Waals surface area contributed by atoms with Crippen LogP contribution in [-0.2, 0) is 14.8 Å². The van der Waals surface area contributed by atoms with Gasteiger partial charge in [0.25, 0.3) is 0 Å². The van der Waals surface area contributed by atoms with Crippen LogP contribution in [-0.4, -0.2) is 39.1 Å². The van der Waals surface area contributed by atoms with Crippen LogP contribution in [0.25, 0.3) is 0 Å². The van der Waals surface area contributed by atoms with E-state index in [0.29, 0.717) is 12.1 Å². The van der Waals surface area contributed by atoms with Crippen LogP contribution < -0.4 is 10.0 Å². The molecular weight excluding hydrogens is 292 g/mol. The molecule has 21 heavy (non-hydrogen) atoms. The zero-order valence-corrected chi connectivity index (χ0v) is 12.5. The molecule has 0 aliphatic carbocycles. The first kappa shape index (κ1) is 17.2. The average molecular weight is 310 g/mol. The molecule has 3 N–H and O–H groups in total. The SMILES string of the molecule is CCCNC(=O)CNS(=O)(=O)c1cccc(C#CCO)c1.